The van der Waals surface area contributed by atoms with Gasteiger partial charge in [-0.05, 0) is 57.6 Å². The van der Waals surface area contributed by atoms with E-state index >= 15 is 0 Å². The summed E-state index contributed by atoms with van der Waals surface area (Å²) in [5.74, 6) is 2.91. The summed E-state index contributed by atoms with van der Waals surface area (Å²) in [5.41, 5.74) is 2.82. The first-order valence-electron chi connectivity index (χ1n) is 8.77. The molecule has 0 aliphatic heterocycles. The molecule has 0 N–H and O–H groups in total. The molecule has 24 heavy (non-hydrogen) atoms. The third kappa shape index (κ3) is 4.02. The SMILES string of the molecule is CCCN(CC1CC1)c1nc(C)c(Oc2cc(C)ccn2)nc1C. The molecule has 0 radical (unpaired) electrons. The van der Waals surface area contributed by atoms with Crippen LogP contribution in [0.25, 0.3) is 0 Å². The van der Waals surface area contributed by atoms with E-state index in [4.69, 9.17) is 9.72 Å². The minimum atomic E-state index is 0.539. The Morgan fingerprint density at radius 3 is 2.62 bits per heavy atom. The summed E-state index contributed by atoms with van der Waals surface area (Å²) in [6, 6.07) is 3.85. The van der Waals surface area contributed by atoms with E-state index in [0.717, 1.165) is 48.2 Å². The highest BCUT2D eigenvalue weighted by molar-refractivity contribution is 5.46. The molecule has 2 heterocycles. The van der Waals surface area contributed by atoms with E-state index in [1.165, 1.54) is 12.8 Å². The Labute approximate surface area is 144 Å². The van der Waals surface area contributed by atoms with E-state index in [-0.39, 0.29) is 0 Å². The fraction of sp³-hybridized carbons (Fsp3) is 0.526. The van der Waals surface area contributed by atoms with E-state index in [1.54, 1.807) is 6.20 Å². The minimum absolute atomic E-state index is 0.539. The van der Waals surface area contributed by atoms with Gasteiger partial charge in [0.2, 0.25) is 11.8 Å². The van der Waals surface area contributed by atoms with Crippen molar-refractivity contribution < 1.29 is 4.74 Å². The number of rotatable bonds is 7. The van der Waals surface area contributed by atoms with Crippen LogP contribution in [-0.4, -0.2) is 28.0 Å². The van der Waals surface area contributed by atoms with Crippen molar-refractivity contribution in [1.82, 2.24) is 15.0 Å². The van der Waals surface area contributed by atoms with Gasteiger partial charge in [0.1, 0.15) is 5.69 Å². The van der Waals surface area contributed by atoms with Gasteiger partial charge in [0.25, 0.3) is 0 Å². The standard InChI is InChI=1S/C19H26N4O/c1-5-10-23(12-16-6-7-16)18-14(3)22-19(15(4)21-18)24-17-11-13(2)8-9-20-17/h8-9,11,16H,5-7,10,12H2,1-4H3. The van der Waals surface area contributed by atoms with Crippen LogP contribution in [0.5, 0.6) is 11.8 Å². The van der Waals surface area contributed by atoms with Gasteiger partial charge in [-0.2, -0.15) is 0 Å². The molecule has 2 aromatic rings. The van der Waals surface area contributed by atoms with Gasteiger partial charge in [-0.3, -0.25) is 0 Å². The van der Waals surface area contributed by atoms with Crippen LogP contribution in [0.3, 0.4) is 0 Å². The molecule has 128 valence electrons. The zero-order chi connectivity index (χ0) is 17.1. The average Bonchev–Trinajstić information content (AvgIpc) is 3.34. The fourth-order valence-electron chi connectivity index (χ4n) is 2.80. The van der Waals surface area contributed by atoms with Crippen LogP contribution in [0.4, 0.5) is 5.82 Å². The lowest BCUT2D eigenvalue weighted by molar-refractivity contribution is 0.435. The predicted molar refractivity (Wildman–Crippen MR) is 95.8 cm³/mol. The molecule has 3 rings (SSSR count). The van der Waals surface area contributed by atoms with Crippen molar-refractivity contribution in [2.24, 2.45) is 5.92 Å². The zero-order valence-electron chi connectivity index (χ0n) is 15.0. The maximum absolute atomic E-state index is 5.86. The lowest BCUT2D eigenvalue weighted by Crippen LogP contribution is -2.28. The average molecular weight is 326 g/mol. The number of aryl methyl sites for hydroxylation is 3. The normalized spacial score (nSPS) is 13.8. The van der Waals surface area contributed by atoms with Crippen molar-refractivity contribution in [3.8, 4) is 11.8 Å². The van der Waals surface area contributed by atoms with Gasteiger partial charge in [-0.1, -0.05) is 6.92 Å². The smallest absolute Gasteiger partial charge is 0.243 e. The molecule has 0 aromatic carbocycles. The zero-order valence-corrected chi connectivity index (χ0v) is 15.0. The number of nitrogens with zero attached hydrogens (tertiary/aromatic N) is 4. The predicted octanol–water partition coefficient (Wildman–Crippen LogP) is 4.22. The first-order valence-corrected chi connectivity index (χ1v) is 8.77. The quantitative estimate of drug-likeness (QED) is 0.762. The number of anilines is 1. The van der Waals surface area contributed by atoms with Crippen molar-refractivity contribution in [3.05, 3.63) is 35.3 Å². The van der Waals surface area contributed by atoms with Gasteiger partial charge in [-0.25, -0.2) is 15.0 Å². The van der Waals surface area contributed by atoms with Crippen LogP contribution in [0, 0.1) is 26.7 Å². The molecule has 5 heteroatoms. The molecule has 0 amide bonds. The Morgan fingerprint density at radius 2 is 1.96 bits per heavy atom. The highest BCUT2D eigenvalue weighted by atomic mass is 16.5. The second kappa shape index (κ2) is 7.16. The number of pyridine rings is 1. The van der Waals surface area contributed by atoms with Crippen molar-refractivity contribution in [3.63, 3.8) is 0 Å². The summed E-state index contributed by atoms with van der Waals surface area (Å²) in [5, 5.41) is 0. The van der Waals surface area contributed by atoms with Gasteiger partial charge in [0, 0.05) is 25.4 Å². The summed E-state index contributed by atoms with van der Waals surface area (Å²) < 4.78 is 5.86. The minimum Gasteiger partial charge on any atom is -0.419 e. The van der Waals surface area contributed by atoms with Gasteiger partial charge in [-0.15, -0.1) is 0 Å². The Balaban J connectivity index is 1.84. The third-order valence-electron chi connectivity index (χ3n) is 4.24. The first kappa shape index (κ1) is 16.7. The van der Waals surface area contributed by atoms with Crippen LogP contribution < -0.4 is 9.64 Å². The number of ether oxygens (including phenoxy) is 1. The molecule has 1 saturated carbocycles. The molecular weight excluding hydrogens is 300 g/mol. The number of aromatic nitrogens is 3. The van der Waals surface area contributed by atoms with Crippen LogP contribution in [0.2, 0.25) is 0 Å². The van der Waals surface area contributed by atoms with Crippen molar-refractivity contribution >= 4 is 5.82 Å². The lowest BCUT2D eigenvalue weighted by atomic mass is 10.3. The lowest BCUT2D eigenvalue weighted by Gasteiger charge is -2.25. The van der Waals surface area contributed by atoms with Crippen LogP contribution >= 0.6 is 0 Å². The Bertz CT molecular complexity index is 713. The molecule has 0 saturated heterocycles. The molecule has 1 fully saturated rings. The molecule has 0 unspecified atom stereocenters. The first-order chi connectivity index (χ1) is 11.6. The fourth-order valence-corrected chi connectivity index (χ4v) is 2.80. The third-order valence-corrected chi connectivity index (χ3v) is 4.24. The van der Waals surface area contributed by atoms with Gasteiger partial charge in [0.15, 0.2) is 5.82 Å². The topological polar surface area (TPSA) is 51.1 Å². The molecule has 0 bridgehead atoms. The Morgan fingerprint density at radius 1 is 1.17 bits per heavy atom. The molecule has 1 aliphatic rings. The van der Waals surface area contributed by atoms with Crippen molar-refractivity contribution in [2.75, 3.05) is 18.0 Å². The summed E-state index contributed by atoms with van der Waals surface area (Å²) in [7, 11) is 0. The molecule has 0 spiro atoms. The monoisotopic (exact) mass is 326 g/mol. The van der Waals surface area contributed by atoms with Gasteiger partial charge in [0.05, 0.1) is 5.69 Å². The summed E-state index contributed by atoms with van der Waals surface area (Å²) in [6.07, 6.45) is 5.53. The summed E-state index contributed by atoms with van der Waals surface area (Å²) in [4.78, 5) is 16.1. The second-order valence-electron chi connectivity index (χ2n) is 6.69. The van der Waals surface area contributed by atoms with Crippen LogP contribution in [0.1, 0.15) is 43.1 Å². The van der Waals surface area contributed by atoms with Gasteiger partial charge >= 0.3 is 0 Å². The molecular formula is C19H26N4O. The van der Waals surface area contributed by atoms with Crippen molar-refractivity contribution in [1.29, 1.82) is 0 Å². The van der Waals surface area contributed by atoms with Gasteiger partial charge < -0.3 is 9.64 Å². The largest absolute Gasteiger partial charge is 0.419 e. The molecule has 1 aliphatic carbocycles. The molecule has 2 aromatic heterocycles. The number of hydrogen-bond donors (Lipinski definition) is 0. The second-order valence-corrected chi connectivity index (χ2v) is 6.69. The van der Waals surface area contributed by atoms with Crippen molar-refractivity contribution in [2.45, 2.75) is 47.0 Å². The van der Waals surface area contributed by atoms with E-state index in [1.807, 2.05) is 32.9 Å². The Hall–Kier alpha value is -2.17. The van der Waals surface area contributed by atoms with E-state index in [0.29, 0.717) is 11.8 Å². The molecule has 5 nitrogen and oxygen atoms in total. The number of hydrogen-bond acceptors (Lipinski definition) is 5. The van der Waals surface area contributed by atoms with E-state index < -0.39 is 0 Å². The molecule has 0 atom stereocenters. The summed E-state index contributed by atoms with van der Waals surface area (Å²) >= 11 is 0. The van der Waals surface area contributed by atoms with Crippen LogP contribution in [-0.2, 0) is 0 Å². The highest BCUT2D eigenvalue weighted by Gasteiger charge is 2.26. The maximum atomic E-state index is 5.86. The maximum Gasteiger partial charge on any atom is 0.243 e. The highest BCUT2D eigenvalue weighted by Crippen LogP contribution is 2.32. The Kier molecular flexibility index (Phi) is 4.97. The van der Waals surface area contributed by atoms with Crippen LogP contribution in [0.15, 0.2) is 18.3 Å². The van der Waals surface area contributed by atoms with E-state index in [9.17, 15) is 0 Å². The summed E-state index contributed by atoms with van der Waals surface area (Å²) in [6.45, 7) is 10.3. The van der Waals surface area contributed by atoms with E-state index in [2.05, 4.69) is 21.8 Å².